The topological polar surface area (TPSA) is 9.23 Å². The monoisotopic (exact) mass is 190 g/mol. The second-order valence-electron chi connectivity index (χ2n) is 3.71. The summed E-state index contributed by atoms with van der Waals surface area (Å²) >= 11 is 6.21. The lowest BCUT2D eigenvalue weighted by Gasteiger charge is -2.30. The molecule has 0 aromatic heterocycles. The van der Waals surface area contributed by atoms with E-state index < -0.39 is 0 Å². The predicted octanol–water partition coefficient (Wildman–Crippen LogP) is 3.21. The van der Waals surface area contributed by atoms with E-state index in [0.29, 0.717) is 17.4 Å². The van der Waals surface area contributed by atoms with E-state index in [1.54, 1.807) is 0 Å². The highest BCUT2D eigenvalue weighted by atomic mass is 35.5. The summed E-state index contributed by atoms with van der Waals surface area (Å²) in [6, 6.07) is 0. The van der Waals surface area contributed by atoms with Crippen LogP contribution in [0.2, 0.25) is 0 Å². The minimum Gasteiger partial charge on any atom is -0.381 e. The van der Waals surface area contributed by atoms with Crippen LogP contribution in [0.5, 0.6) is 0 Å². The van der Waals surface area contributed by atoms with Gasteiger partial charge in [-0.1, -0.05) is 13.3 Å². The highest BCUT2D eigenvalue weighted by Crippen LogP contribution is 2.31. The second-order valence-corrected chi connectivity index (χ2v) is 4.27. The first-order valence-corrected chi connectivity index (χ1v) is 5.38. The molecule has 0 spiro atoms. The van der Waals surface area contributed by atoms with Crippen LogP contribution in [0.4, 0.5) is 0 Å². The van der Waals surface area contributed by atoms with Crippen molar-refractivity contribution in [3.8, 4) is 0 Å². The van der Waals surface area contributed by atoms with Gasteiger partial charge >= 0.3 is 0 Å². The summed E-state index contributed by atoms with van der Waals surface area (Å²) in [4.78, 5) is 0. The van der Waals surface area contributed by atoms with E-state index >= 15 is 0 Å². The number of methoxy groups -OCH3 is 1. The van der Waals surface area contributed by atoms with Gasteiger partial charge in [-0.15, -0.1) is 11.6 Å². The highest BCUT2D eigenvalue weighted by Gasteiger charge is 2.25. The fourth-order valence-electron chi connectivity index (χ4n) is 2.06. The van der Waals surface area contributed by atoms with Crippen LogP contribution in [-0.2, 0) is 4.74 Å². The Morgan fingerprint density at radius 2 is 2.25 bits per heavy atom. The van der Waals surface area contributed by atoms with E-state index in [-0.39, 0.29) is 0 Å². The van der Waals surface area contributed by atoms with E-state index in [0.717, 1.165) is 6.42 Å². The molecule has 3 atom stereocenters. The van der Waals surface area contributed by atoms with Crippen LogP contribution < -0.4 is 0 Å². The van der Waals surface area contributed by atoms with E-state index in [1.807, 2.05) is 7.11 Å². The molecule has 0 N–H and O–H groups in total. The van der Waals surface area contributed by atoms with Crippen molar-refractivity contribution in [1.82, 2.24) is 0 Å². The largest absolute Gasteiger partial charge is 0.381 e. The Bertz CT molecular complexity index is 125. The first-order chi connectivity index (χ1) is 5.77. The van der Waals surface area contributed by atoms with Gasteiger partial charge in [0.05, 0.1) is 6.10 Å². The van der Waals surface area contributed by atoms with Crippen LogP contribution in [0, 0.1) is 5.92 Å². The minimum atomic E-state index is 0.364. The van der Waals surface area contributed by atoms with Gasteiger partial charge in [-0.2, -0.15) is 0 Å². The van der Waals surface area contributed by atoms with Crippen molar-refractivity contribution in [2.45, 2.75) is 50.5 Å². The van der Waals surface area contributed by atoms with Crippen molar-refractivity contribution < 1.29 is 4.74 Å². The molecule has 1 fully saturated rings. The number of hydrogen-bond donors (Lipinski definition) is 0. The number of ether oxygens (including phenoxy) is 1. The van der Waals surface area contributed by atoms with E-state index in [9.17, 15) is 0 Å². The summed E-state index contributed by atoms with van der Waals surface area (Å²) in [6.45, 7) is 2.16. The Morgan fingerprint density at radius 3 is 2.83 bits per heavy atom. The van der Waals surface area contributed by atoms with Gasteiger partial charge in [0.25, 0.3) is 0 Å². The van der Waals surface area contributed by atoms with Gasteiger partial charge in [-0.3, -0.25) is 0 Å². The van der Waals surface area contributed by atoms with Crippen LogP contribution in [-0.4, -0.2) is 18.6 Å². The number of hydrogen-bond acceptors (Lipinski definition) is 1. The van der Waals surface area contributed by atoms with Crippen LogP contribution in [0.3, 0.4) is 0 Å². The predicted molar refractivity (Wildman–Crippen MR) is 52.7 cm³/mol. The van der Waals surface area contributed by atoms with Crippen molar-refractivity contribution >= 4 is 11.6 Å². The molecule has 0 saturated heterocycles. The molecule has 1 aliphatic rings. The molecule has 1 aliphatic carbocycles. The summed E-state index contributed by atoms with van der Waals surface area (Å²) < 4.78 is 5.36. The summed E-state index contributed by atoms with van der Waals surface area (Å²) in [5.74, 6) is 0.690. The molecule has 1 saturated carbocycles. The average molecular weight is 191 g/mol. The minimum absolute atomic E-state index is 0.364. The highest BCUT2D eigenvalue weighted by molar-refractivity contribution is 6.20. The zero-order valence-electron chi connectivity index (χ0n) is 8.05. The summed E-state index contributed by atoms with van der Waals surface area (Å²) in [7, 11) is 1.81. The lowest BCUT2D eigenvalue weighted by atomic mass is 9.84. The van der Waals surface area contributed by atoms with Gasteiger partial charge in [-0.05, 0) is 31.6 Å². The van der Waals surface area contributed by atoms with Crippen LogP contribution in [0.25, 0.3) is 0 Å². The Hall–Kier alpha value is 0.250. The normalized spacial score (nSPS) is 33.2. The van der Waals surface area contributed by atoms with Gasteiger partial charge in [0.1, 0.15) is 0 Å². The van der Waals surface area contributed by atoms with Crippen LogP contribution >= 0.6 is 11.6 Å². The van der Waals surface area contributed by atoms with E-state index in [4.69, 9.17) is 16.3 Å². The summed E-state index contributed by atoms with van der Waals surface area (Å²) in [5.41, 5.74) is 0. The SMILES string of the molecule is CCC(Cl)C1CCCC(OC)C1. The Morgan fingerprint density at radius 1 is 1.50 bits per heavy atom. The molecule has 0 bridgehead atoms. The third-order valence-electron chi connectivity index (χ3n) is 2.90. The number of halogens is 1. The second kappa shape index (κ2) is 5.08. The van der Waals surface area contributed by atoms with Crippen molar-refractivity contribution in [3.63, 3.8) is 0 Å². The molecule has 0 aliphatic heterocycles. The first kappa shape index (κ1) is 10.3. The molecule has 1 rings (SSSR count). The molecule has 1 nitrogen and oxygen atoms in total. The Balaban J connectivity index is 2.34. The van der Waals surface area contributed by atoms with Crippen LogP contribution in [0.15, 0.2) is 0 Å². The smallest absolute Gasteiger partial charge is 0.0574 e. The molecule has 0 aromatic rings. The zero-order valence-corrected chi connectivity index (χ0v) is 8.81. The molecule has 12 heavy (non-hydrogen) atoms. The standard InChI is InChI=1S/C10H19ClO/c1-3-10(11)8-5-4-6-9(7-8)12-2/h8-10H,3-7H2,1-2H3. The molecule has 0 amide bonds. The summed E-state index contributed by atoms with van der Waals surface area (Å²) in [6.07, 6.45) is 6.52. The lowest BCUT2D eigenvalue weighted by Crippen LogP contribution is -2.27. The van der Waals surface area contributed by atoms with Crippen molar-refractivity contribution in [2.75, 3.05) is 7.11 Å². The number of rotatable bonds is 3. The zero-order chi connectivity index (χ0) is 8.97. The maximum Gasteiger partial charge on any atom is 0.0574 e. The fraction of sp³-hybridized carbons (Fsp3) is 1.00. The molecule has 3 unspecified atom stereocenters. The average Bonchev–Trinajstić information content (AvgIpc) is 2.17. The quantitative estimate of drug-likeness (QED) is 0.621. The van der Waals surface area contributed by atoms with Crippen LogP contribution in [0.1, 0.15) is 39.0 Å². The van der Waals surface area contributed by atoms with E-state index in [1.165, 1.54) is 25.7 Å². The molecule has 0 heterocycles. The third kappa shape index (κ3) is 2.63. The molecule has 2 heteroatoms. The van der Waals surface area contributed by atoms with Gasteiger partial charge in [0, 0.05) is 12.5 Å². The lowest BCUT2D eigenvalue weighted by molar-refractivity contribution is 0.0497. The maximum atomic E-state index is 6.21. The van der Waals surface area contributed by atoms with Gasteiger partial charge in [-0.25, -0.2) is 0 Å². The molecule has 0 radical (unpaired) electrons. The third-order valence-corrected chi connectivity index (χ3v) is 3.57. The molecular weight excluding hydrogens is 172 g/mol. The van der Waals surface area contributed by atoms with E-state index in [2.05, 4.69) is 6.92 Å². The van der Waals surface area contributed by atoms with Gasteiger partial charge in [0.2, 0.25) is 0 Å². The van der Waals surface area contributed by atoms with Crippen molar-refractivity contribution in [3.05, 3.63) is 0 Å². The number of alkyl halides is 1. The summed E-state index contributed by atoms with van der Waals surface area (Å²) in [5, 5.41) is 0.364. The Kier molecular flexibility index (Phi) is 4.38. The Labute approximate surface area is 80.4 Å². The van der Waals surface area contributed by atoms with Gasteiger partial charge < -0.3 is 4.74 Å². The van der Waals surface area contributed by atoms with Crippen molar-refractivity contribution in [1.29, 1.82) is 0 Å². The maximum absolute atomic E-state index is 6.21. The van der Waals surface area contributed by atoms with Crippen molar-refractivity contribution in [2.24, 2.45) is 5.92 Å². The molecular formula is C10H19ClO. The first-order valence-electron chi connectivity index (χ1n) is 4.94. The van der Waals surface area contributed by atoms with Gasteiger partial charge in [0.15, 0.2) is 0 Å². The fourth-order valence-corrected chi connectivity index (χ4v) is 2.29. The molecule has 0 aromatic carbocycles. The molecule has 72 valence electrons.